The van der Waals surface area contributed by atoms with Gasteiger partial charge in [0.05, 0.1) is 16.3 Å². The molecule has 0 unspecified atom stereocenters. The average Bonchev–Trinajstić information content (AvgIpc) is 2.65. The fourth-order valence-electron chi connectivity index (χ4n) is 1.42. The first kappa shape index (κ1) is 13.0. The Morgan fingerprint density at radius 1 is 1.50 bits per heavy atom. The highest BCUT2D eigenvalue weighted by atomic mass is 32.1. The topological polar surface area (TPSA) is 57.5 Å². The number of unbranched alkanes of at least 4 members (excludes halogenated alkanes) is 2. The van der Waals surface area contributed by atoms with Crippen LogP contribution in [0.25, 0.3) is 0 Å². The first-order chi connectivity index (χ1) is 7.69. The van der Waals surface area contributed by atoms with Gasteiger partial charge in [0.25, 0.3) is 0 Å². The first-order valence-corrected chi connectivity index (χ1v) is 6.41. The number of hydrogen-bond acceptors (Lipinski definition) is 5. The van der Waals surface area contributed by atoms with Crippen LogP contribution < -0.4 is 5.32 Å². The summed E-state index contributed by atoms with van der Waals surface area (Å²) in [4.78, 5) is 5.34. The third kappa shape index (κ3) is 3.48. The monoisotopic (exact) mass is 241 g/mol. The summed E-state index contributed by atoms with van der Waals surface area (Å²) in [5.74, 6) is 0. The molecule has 0 aliphatic rings. The summed E-state index contributed by atoms with van der Waals surface area (Å²) in [7, 11) is 0. The Morgan fingerprint density at radius 2 is 2.25 bits per heavy atom. The molecule has 1 heterocycles. The van der Waals surface area contributed by atoms with Crippen molar-refractivity contribution in [1.82, 2.24) is 4.98 Å². The molecule has 16 heavy (non-hydrogen) atoms. The molecule has 0 saturated heterocycles. The second-order valence-corrected chi connectivity index (χ2v) is 4.75. The minimum atomic E-state index is 0.622. The van der Waals surface area contributed by atoms with Crippen LogP contribution in [0.1, 0.15) is 43.7 Å². The Labute approximate surface area is 100 Å². The van der Waals surface area contributed by atoms with Gasteiger partial charge in [-0.05, 0) is 20.3 Å². The van der Waals surface area contributed by atoms with E-state index in [9.17, 15) is 0 Å². The minimum Gasteiger partial charge on any atom is -0.411 e. The lowest BCUT2D eigenvalue weighted by Crippen LogP contribution is -2.00. The molecule has 0 bridgehead atoms. The summed E-state index contributed by atoms with van der Waals surface area (Å²) in [6.07, 6.45) is 3.62. The van der Waals surface area contributed by atoms with Crippen LogP contribution in [-0.4, -0.2) is 22.4 Å². The SMILES string of the molecule is CCCCCNc1nc(C)c(/C(C)=N/O)s1. The lowest BCUT2D eigenvalue weighted by Gasteiger charge is -2.00. The number of hydrogen-bond donors (Lipinski definition) is 2. The predicted octanol–water partition coefficient (Wildman–Crippen LogP) is 3.25. The van der Waals surface area contributed by atoms with E-state index in [1.807, 2.05) is 6.92 Å². The Balaban J connectivity index is 2.56. The zero-order valence-electron chi connectivity index (χ0n) is 10.1. The summed E-state index contributed by atoms with van der Waals surface area (Å²) >= 11 is 1.54. The molecular weight excluding hydrogens is 222 g/mol. The standard InChI is InChI=1S/C11H19N3OS/c1-4-5-6-7-12-11-13-8(2)10(16-11)9(3)14-15/h15H,4-7H2,1-3H3,(H,12,13)/b14-9+. The van der Waals surface area contributed by atoms with Gasteiger partial charge >= 0.3 is 0 Å². The van der Waals surface area contributed by atoms with Crippen molar-refractivity contribution in [1.29, 1.82) is 0 Å². The molecular formula is C11H19N3OS. The number of nitrogens with zero attached hydrogens (tertiary/aromatic N) is 2. The van der Waals surface area contributed by atoms with E-state index in [-0.39, 0.29) is 0 Å². The summed E-state index contributed by atoms with van der Waals surface area (Å²) < 4.78 is 0. The number of aromatic nitrogens is 1. The van der Waals surface area contributed by atoms with Gasteiger partial charge in [0.1, 0.15) is 0 Å². The number of aryl methyl sites for hydroxylation is 1. The molecule has 2 N–H and O–H groups in total. The van der Waals surface area contributed by atoms with E-state index < -0.39 is 0 Å². The Hall–Kier alpha value is -1.10. The second-order valence-electron chi connectivity index (χ2n) is 3.75. The maximum absolute atomic E-state index is 8.71. The van der Waals surface area contributed by atoms with E-state index in [4.69, 9.17) is 5.21 Å². The largest absolute Gasteiger partial charge is 0.411 e. The van der Waals surface area contributed by atoms with E-state index in [2.05, 4.69) is 22.4 Å². The second kappa shape index (κ2) is 6.48. The quantitative estimate of drug-likeness (QED) is 0.348. The van der Waals surface area contributed by atoms with E-state index in [0.29, 0.717) is 5.71 Å². The number of rotatable bonds is 6. The van der Waals surface area contributed by atoms with Crippen LogP contribution in [0.3, 0.4) is 0 Å². The van der Waals surface area contributed by atoms with Crippen LogP contribution in [0, 0.1) is 6.92 Å². The molecule has 0 saturated carbocycles. The van der Waals surface area contributed by atoms with Gasteiger partial charge in [0.15, 0.2) is 5.13 Å². The van der Waals surface area contributed by atoms with Crippen LogP contribution in [-0.2, 0) is 0 Å². The number of anilines is 1. The van der Waals surface area contributed by atoms with E-state index in [0.717, 1.165) is 28.7 Å². The summed E-state index contributed by atoms with van der Waals surface area (Å²) in [6, 6.07) is 0. The van der Waals surface area contributed by atoms with Gasteiger partial charge in [-0.2, -0.15) is 0 Å². The number of thiazole rings is 1. The highest BCUT2D eigenvalue weighted by Crippen LogP contribution is 2.23. The maximum Gasteiger partial charge on any atom is 0.183 e. The highest BCUT2D eigenvalue weighted by Gasteiger charge is 2.09. The van der Waals surface area contributed by atoms with Crippen molar-refractivity contribution >= 4 is 22.2 Å². The van der Waals surface area contributed by atoms with Crippen LogP contribution >= 0.6 is 11.3 Å². The van der Waals surface area contributed by atoms with Gasteiger partial charge in [-0.3, -0.25) is 0 Å². The summed E-state index contributed by atoms with van der Waals surface area (Å²) in [5, 5.41) is 16.1. The van der Waals surface area contributed by atoms with Crippen LogP contribution in [0.4, 0.5) is 5.13 Å². The molecule has 5 heteroatoms. The van der Waals surface area contributed by atoms with Crippen LogP contribution in [0.5, 0.6) is 0 Å². The van der Waals surface area contributed by atoms with Crippen molar-refractivity contribution in [3.8, 4) is 0 Å². The molecule has 0 atom stereocenters. The van der Waals surface area contributed by atoms with Gasteiger partial charge in [-0.15, -0.1) is 0 Å². The maximum atomic E-state index is 8.71. The Bertz CT molecular complexity index is 360. The Kier molecular flexibility index (Phi) is 5.25. The molecule has 0 amide bonds. The van der Waals surface area contributed by atoms with Gasteiger partial charge in [0, 0.05) is 6.54 Å². The zero-order valence-corrected chi connectivity index (χ0v) is 10.9. The summed E-state index contributed by atoms with van der Waals surface area (Å²) in [6.45, 7) is 6.85. The van der Waals surface area contributed by atoms with Gasteiger partial charge in [-0.1, -0.05) is 36.3 Å². The van der Waals surface area contributed by atoms with Crippen molar-refractivity contribution in [2.75, 3.05) is 11.9 Å². The molecule has 1 rings (SSSR count). The van der Waals surface area contributed by atoms with E-state index in [1.54, 1.807) is 6.92 Å². The van der Waals surface area contributed by atoms with Crippen molar-refractivity contribution in [2.24, 2.45) is 5.16 Å². The van der Waals surface area contributed by atoms with Crippen molar-refractivity contribution in [3.63, 3.8) is 0 Å². The molecule has 0 spiro atoms. The Morgan fingerprint density at radius 3 is 2.88 bits per heavy atom. The molecule has 0 fully saturated rings. The van der Waals surface area contributed by atoms with Crippen molar-refractivity contribution in [3.05, 3.63) is 10.6 Å². The van der Waals surface area contributed by atoms with Crippen LogP contribution in [0.15, 0.2) is 5.16 Å². The minimum absolute atomic E-state index is 0.622. The third-order valence-electron chi connectivity index (χ3n) is 2.33. The normalized spacial score (nSPS) is 11.8. The van der Waals surface area contributed by atoms with E-state index >= 15 is 0 Å². The molecule has 90 valence electrons. The molecule has 1 aromatic heterocycles. The van der Waals surface area contributed by atoms with E-state index in [1.165, 1.54) is 24.2 Å². The summed E-state index contributed by atoms with van der Waals surface area (Å²) in [5.41, 5.74) is 1.54. The third-order valence-corrected chi connectivity index (χ3v) is 3.56. The number of oxime groups is 1. The molecule has 4 nitrogen and oxygen atoms in total. The molecule has 0 radical (unpaired) electrons. The first-order valence-electron chi connectivity index (χ1n) is 5.59. The smallest absolute Gasteiger partial charge is 0.183 e. The zero-order chi connectivity index (χ0) is 12.0. The fourth-order valence-corrected chi connectivity index (χ4v) is 2.36. The molecule has 0 aliphatic heterocycles. The van der Waals surface area contributed by atoms with Crippen LogP contribution in [0.2, 0.25) is 0 Å². The lowest BCUT2D eigenvalue weighted by atomic mass is 10.2. The van der Waals surface area contributed by atoms with Crippen molar-refractivity contribution < 1.29 is 5.21 Å². The number of nitrogens with one attached hydrogen (secondary N) is 1. The predicted molar refractivity (Wildman–Crippen MR) is 68.9 cm³/mol. The van der Waals surface area contributed by atoms with Crippen molar-refractivity contribution in [2.45, 2.75) is 40.0 Å². The van der Waals surface area contributed by atoms with Gasteiger partial charge in [0.2, 0.25) is 0 Å². The molecule has 1 aromatic rings. The highest BCUT2D eigenvalue weighted by molar-refractivity contribution is 7.17. The fraction of sp³-hybridized carbons (Fsp3) is 0.636. The average molecular weight is 241 g/mol. The lowest BCUT2D eigenvalue weighted by molar-refractivity contribution is 0.319. The molecule has 0 aliphatic carbocycles. The van der Waals surface area contributed by atoms with Gasteiger partial charge < -0.3 is 10.5 Å². The van der Waals surface area contributed by atoms with Gasteiger partial charge in [-0.25, -0.2) is 4.98 Å². The molecule has 0 aromatic carbocycles.